The molecule has 1 heterocycles. The zero-order chi connectivity index (χ0) is 7.23. The summed E-state index contributed by atoms with van der Waals surface area (Å²) in [5, 5.41) is 0. The molecule has 0 radical (unpaired) electrons. The topological polar surface area (TPSA) is 18.5 Å². The van der Waals surface area contributed by atoms with Gasteiger partial charge in [0.1, 0.15) is 6.79 Å². The fraction of sp³-hybridized carbons (Fsp3) is 0.750. The molecule has 1 aliphatic heterocycles. The maximum absolute atomic E-state index is 5.11. The highest BCUT2D eigenvalue weighted by molar-refractivity contribution is 4.88. The first-order chi connectivity index (χ1) is 4.93. The molecule has 1 rings (SSSR count). The van der Waals surface area contributed by atoms with Crippen molar-refractivity contribution in [1.29, 1.82) is 0 Å². The van der Waals surface area contributed by atoms with E-state index in [2.05, 4.69) is 19.1 Å². The van der Waals surface area contributed by atoms with E-state index < -0.39 is 0 Å². The Kier molecular flexibility index (Phi) is 3.47. The van der Waals surface area contributed by atoms with E-state index in [1.165, 1.54) is 0 Å². The number of rotatable bonds is 2. The van der Waals surface area contributed by atoms with Gasteiger partial charge in [0.25, 0.3) is 0 Å². The SMILES string of the molecule is CC/C=C/C1COCOC1. The molecular formula is C8H14O2. The van der Waals surface area contributed by atoms with Crippen molar-refractivity contribution in [2.75, 3.05) is 20.0 Å². The minimum Gasteiger partial charge on any atom is -0.355 e. The van der Waals surface area contributed by atoms with Crippen LogP contribution in [-0.4, -0.2) is 20.0 Å². The molecule has 0 atom stereocenters. The molecule has 1 aliphatic rings. The number of hydrogen-bond acceptors (Lipinski definition) is 2. The van der Waals surface area contributed by atoms with Crippen LogP contribution < -0.4 is 0 Å². The van der Waals surface area contributed by atoms with Crippen LogP contribution in [0.2, 0.25) is 0 Å². The zero-order valence-corrected chi connectivity index (χ0v) is 6.38. The fourth-order valence-electron chi connectivity index (χ4n) is 0.946. The lowest BCUT2D eigenvalue weighted by atomic mass is 10.1. The molecule has 10 heavy (non-hydrogen) atoms. The van der Waals surface area contributed by atoms with Gasteiger partial charge in [-0.05, 0) is 6.42 Å². The predicted octanol–water partition coefficient (Wildman–Crippen LogP) is 1.57. The summed E-state index contributed by atoms with van der Waals surface area (Å²) in [6.07, 6.45) is 5.42. The van der Waals surface area contributed by atoms with Gasteiger partial charge in [0.2, 0.25) is 0 Å². The van der Waals surface area contributed by atoms with Crippen LogP contribution in [-0.2, 0) is 9.47 Å². The third-order valence-electron chi connectivity index (χ3n) is 1.47. The zero-order valence-electron chi connectivity index (χ0n) is 6.38. The van der Waals surface area contributed by atoms with E-state index in [1.54, 1.807) is 0 Å². The first kappa shape index (κ1) is 7.76. The van der Waals surface area contributed by atoms with Gasteiger partial charge >= 0.3 is 0 Å². The van der Waals surface area contributed by atoms with Gasteiger partial charge in [-0.15, -0.1) is 0 Å². The van der Waals surface area contributed by atoms with Crippen molar-refractivity contribution in [2.24, 2.45) is 5.92 Å². The van der Waals surface area contributed by atoms with Crippen molar-refractivity contribution in [1.82, 2.24) is 0 Å². The highest BCUT2D eigenvalue weighted by Gasteiger charge is 2.09. The van der Waals surface area contributed by atoms with Gasteiger partial charge in [0.15, 0.2) is 0 Å². The molecular weight excluding hydrogens is 128 g/mol. The molecule has 0 unspecified atom stereocenters. The Morgan fingerprint density at radius 1 is 1.40 bits per heavy atom. The van der Waals surface area contributed by atoms with Crippen molar-refractivity contribution in [3.05, 3.63) is 12.2 Å². The minimum absolute atomic E-state index is 0.469. The molecule has 0 saturated carbocycles. The van der Waals surface area contributed by atoms with Gasteiger partial charge in [0, 0.05) is 5.92 Å². The molecule has 0 bridgehead atoms. The van der Waals surface area contributed by atoms with Crippen LogP contribution in [0.4, 0.5) is 0 Å². The number of allylic oxidation sites excluding steroid dienone is 1. The normalized spacial score (nSPS) is 22.1. The Balaban J connectivity index is 2.19. The highest BCUT2D eigenvalue weighted by atomic mass is 16.7. The van der Waals surface area contributed by atoms with Gasteiger partial charge in [-0.3, -0.25) is 0 Å². The highest BCUT2D eigenvalue weighted by Crippen LogP contribution is 2.06. The van der Waals surface area contributed by atoms with E-state index in [4.69, 9.17) is 9.47 Å². The van der Waals surface area contributed by atoms with Crippen LogP contribution >= 0.6 is 0 Å². The van der Waals surface area contributed by atoms with Crippen molar-refractivity contribution in [3.8, 4) is 0 Å². The quantitative estimate of drug-likeness (QED) is 0.545. The second-order valence-corrected chi connectivity index (χ2v) is 2.46. The summed E-state index contributed by atoms with van der Waals surface area (Å²) in [6, 6.07) is 0. The van der Waals surface area contributed by atoms with E-state index in [0.717, 1.165) is 19.6 Å². The van der Waals surface area contributed by atoms with Crippen LogP contribution in [0, 0.1) is 5.92 Å². The van der Waals surface area contributed by atoms with E-state index >= 15 is 0 Å². The average molecular weight is 142 g/mol. The second-order valence-electron chi connectivity index (χ2n) is 2.46. The molecule has 0 aromatic carbocycles. The monoisotopic (exact) mass is 142 g/mol. The van der Waals surface area contributed by atoms with Crippen LogP contribution in [0.25, 0.3) is 0 Å². The van der Waals surface area contributed by atoms with Gasteiger partial charge in [-0.25, -0.2) is 0 Å². The van der Waals surface area contributed by atoms with E-state index in [0.29, 0.717) is 12.7 Å². The molecule has 2 heteroatoms. The smallest absolute Gasteiger partial charge is 0.146 e. The number of hydrogen-bond donors (Lipinski definition) is 0. The molecule has 0 aromatic heterocycles. The van der Waals surface area contributed by atoms with E-state index in [1.807, 2.05) is 0 Å². The van der Waals surface area contributed by atoms with Gasteiger partial charge < -0.3 is 9.47 Å². The maximum Gasteiger partial charge on any atom is 0.146 e. The Morgan fingerprint density at radius 2 is 2.10 bits per heavy atom. The Hall–Kier alpha value is -0.340. The second kappa shape index (κ2) is 4.47. The fourth-order valence-corrected chi connectivity index (χ4v) is 0.946. The van der Waals surface area contributed by atoms with Crippen molar-refractivity contribution in [3.63, 3.8) is 0 Å². The van der Waals surface area contributed by atoms with Crippen LogP contribution in [0.1, 0.15) is 13.3 Å². The Bertz CT molecular complexity index is 104. The first-order valence-corrected chi connectivity index (χ1v) is 3.75. The van der Waals surface area contributed by atoms with Gasteiger partial charge in [0.05, 0.1) is 13.2 Å². The summed E-state index contributed by atoms with van der Waals surface area (Å²) < 4.78 is 10.2. The predicted molar refractivity (Wildman–Crippen MR) is 39.7 cm³/mol. The summed E-state index contributed by atoms with van der Waals surface area (Å²) in [4.78, 5) is 0. The van der Waals surface area contributed by atoms with Gasteiger partial charge in [-0.2, -0.15) is 0 Å². The molecule has 0 N–H and O–H groups in total. The lowest BCUT2D eigenvalue weighted by Crippen LogP contribution is -2.22. The van der Waals surface area contributed by atoms with Gasteiger partial charge in [-0.1, -0.05) is 19.1 Å². The summed E-state index contributed by atoms with van der Waals surface area (Å²) in [5.41, 5.74) is 0. The summed E-state index contributed by atoms with van der Waals surface area (Å²) in [5.74, 6) is 0.480. The standard InChI is InChI=1S/C8H14O2/c1-2-3-4-8-5-9-7-10-6-8/h3-4,8H,2,5-7H2,1H3/b4-3+. The van der Waals surface area contributed by atoms with Crippen molar-refractivity contribution < 1.29 is 9.47 Å². The molecule has 0 aromatic rings. The lowest BCUT2D eigenvalue weighted by molar-refractivity contribution is -0.115. The Labute approximate surface area is 61.8 Å². The van der Waals surface area contributed by atoms with Crippen LogP contribution in [0.15, 0.2) is 12.2 Å². The minimum atomic E-state index is 0.469. The molecule has 1 fully saturated rings. The molecule has 58 valence electrons. The molecule has 1 saturated heterocycles. The summed E-state index contributed by atoms with van der Waals surface area (Å²) >= 11 is 0. The van der Waals surface area contributed by atoms with E-state index in [9.17, 15) is 0 Å². The lowest BCUT2D eigenvalue weighted by Gasteiger charge is -2.18. The van der Waals surface area contributed by atoms with Crippen molar-refractivity contribution in [2.45, 2.75) is 13.3 Å². The van der Waals surface area contributed by atoms with Crippen LogP contribution in [0.3, 0.4) is 0 Å². The molecule has 0 aliphatic carbocycles. The summed E-state index contributed by atoms with van der Waals surface area (Å²) in [7, 11) is 0. The third kappa shape index (κ3) is 2.50. The maximum atomic E-state index is 5.11. The average Bonchev–Trinajstić information content (AvgIpc) is 2.03. The molecule has 0 spiro atoms. The molecule has 0 amide bonds. The largest absolute Gasteiger partial charge is 0.355 e. The third-order valence-corrected chi connectivity index (χ3v) is 1.47. The van der Waals surface area contributed by atoms with Crippen molar-refractivity contribution >= 4 is 0 Å². The van der Waals surface area contributed by atoms with Crippen LogP contribution in [0.5, 0.6) is 0 Å². The number of ether oxygens (including phenoxy) is 2. The van der Waals surface area contributed by atoms with E-state index in [-0.39, 0.29) is 0 Å². The first-order valence-electron chi connectivity index (χ1n) is 3.75. The Morgan fingerprint density at radius 3 is 2.70 bits per heavy atom. The molecule has 2 nitrogen and oxygen atoms in total. The summed E-state index contributed by atoms with van der Waals surface area (Å²) in [6.45, 7) is 4.23.